The van der Waals surface area contributed by atoms with Gasteiger partial charge in [0.2, 0.25) is 0 Å². The second-order valence-corrected chi connectivity index (χ2v) is 3.34. The van der Waals surface area contributed by atoms with Gasteiger partial charge in [-0.1, -0.05) is 0 Å². The molecule has 0 saturated heterocycles. The number of unbranched alkanes of at least 4 members (excludes halogenated alkanes) is 1. The Bertz CT molecular complexity index is 127. The van der Waals surface area contributed by atoms with Crippen molar-refractivity contribution in [1.29, 1.82) is 0 Å². The summed E-state index contributed by atoms with van der Waals surface area (Å²) in [5.41, 5.74) is 0. The fraction of sp³-hybridized carbons (Fsp3) is 1.00. The van der Waals surface area contributed by atoms with Crippen molar-refractivity contribution >= 4 is 49.0 Å². The molecular weight excluding hydrogens is 201 g/mol. The topological polar surface area (TPSA) is 66.8 Å². The normalized spacial score (nSPS) is 10.8. The molecule has 0 aromatic carbocycles. The van der Waals surface area contributed by atoms with Gasteiger partial charge >= 0.3 is 37.4 Å². The summed E-state index contributed by atoms with van der Waals surface area (Å²) in [4.78, 5) is 16.3. The molecule has 11 heavy (non-hydrogen) atoms. The van der Waals surface area contributed by atoms with Crippen LogP contribution in [0.1, 0.15) is 12.8 Å². The minimum atomic E-state index is -4.25. The molecule has 4 nitrogen and oxygen atoms in total. The Labute approximate surface area is 92.8 Å². The van der Waals surface area contributed by atoms with Gasteiger partial charge in [-0.3, -0.25) is 4.52 Å². The number of phosphoric ester groups is 1. The Hall–Kier alpha value is 1.40. The first-order valence-electron chi connectivity index (χ1n) is 2.82. The Morgan fingerprint density at radius 2 is 1.91 bits per heavy atom. The van der Waals surface area contributed by atoms with Gasteiger partial charge in [-0.25, -0.2) is 4.57 Å². The second-order valence-electron chi connectivity index (χ2n) is 1.72. The summed E-state index contributed by atoms with van der Waals surface area (Å²) >= 11 is 5.30. The number of rotatable bonds is 5. The van der Waals surface area contributed by atoms with E-state index in [9.17, 15) is 4.57 Å². The van der Waals surface area contributed by atoms with Crippen LogP contribution in [0.25, 0.3) is 0 Å². The van der Waals surface area contributed by atoms with Gasteiger partial charge in [0, 0.05) is 5.88 Å². The molecule has 0 aromatic heterocycles. The monoisotopic (exact) mass is 212 g/mol. The van der Waals surface area contributed by atoms with Crippen LogP contribution in [0.5, 0.6) is 0 Å². The summed E-state index contributed by atoms with van der Waals surface area (Å²) in [6, 6.07) is 0. The first-order valence-corrected chi connectivity index (χ1v) is 4.89. The third kappa shape index (κ3) is 14.3. The standard InChI is InChI=1S/C4H10ClO4P.Na.H/c5-3-1-2-4-9-10(6,7)8;;/h1-4H2,(H2,6,7,8);;. The zero-order valence-electron chi connectivity index (χ0n) is 5.36. The molecule has 0 saturated carbocycles. The van der Waals surface area contributed by atoms with E-state index < -0.39 is 7.82 Å². The number of hydrogen-bond donors (Lipinski definition) is 2. The van der Waals surface area contributed by atoms with Crippen LogP contribution in [-0.4, -0.2) is 51.8 Å². The fourth-order valence-electron chi connectivity index (χ4n) is 0.380. The van der Waals surface area contributed by atoms with Crippen LogP contribution in [0.3, 0.4) is 0 Å². The van der Waals surface area contributed by atoms with E-state index in [1.807, 2.05) is 0 Å². The average Bonchev–Trinajstić information content (AvgIpc) is 1.78. The van der Waals surface area contributed by atoms with Crippen LogP contribution in [0.4, 0.5) is 0 Å². The van der Waals surface area contributed by atoms with E-state index in [0.29, 0.717) is 18.7 Å². The molecular formula is C4H11ClNaO4P. The molecule has 0 aliphatic rings. The molecule has 0 spiro atoms. The molecule has 2 N–H and O–H groups in total. The summed E-state index contributed by atoms with van der Waals surface area (Å²) in [7, 11) is -4.25. The molecule has 7 heteroatoms. The van der Waals surface area contributed by atoms with Gasteiger partial charge in [-0.2, -0.15) is 0 Å². The van der Waals surface area contributed by atoms with E-state index in [2.05, 4.69) is 4.52 Å². The maximum absolute atomic E-state index is 10.0. The maximum atomic E-state index is 10.0. The summed E-state index contributed by atoms with van der Waals surface area (Å²) in [6.07, 6.45) is 1.29. The number of halogens is 1. The van der Waals surface area contributed by atoms with Crippen molar-refractivity contribution in [2.24, 2.45) is 0 Å². The van der Waals surface area contributed by atoms with Crippen molar-refractivity contribution in [1.82, 2.24) is 0 Å². The quantitative estimate of drug-likeness (QED) is 0.301. The van der Waals surface area contributed by atoms with Gasteiger partial charge in [-0.15, -0.1) is 11.6 Å². The SMILES string of the molecule is O=P(O)(O)OCCCCCl.[NaH]. The predicted octanol–water partition coefficient (Wildman–Crippen LogP) is 0.466. The number of alkyl halides is 1. The van der Waals surface area contributed by atoms with Gasteiger partial charge < -0.3 is 9.79 Å². The summed E-state index contributed by atoms with van der Waals surface area (Å²) < 4.78 is 14.2. The van der Waals surface area contributed by atoms with Crippen molar-refractivity contribution in [3.05, 3.63) is 0 Å². The van der Waals surface area contributed by atoms with Gasteiger partial charge in [0.25, 0.3) is 0 Å². The van der Waals surface area contributed by atoms with Gasteiger partial charge in [-0.05, 0) is 12.8 Å². The van der Waals surface area contributed by atoms with Crippen molar-refractivity contribution < 1.29 is 18.9 Å². The van der Waals surface area contributed by atoms with E-state index in [1.54, 1.807) is 0 Å². The van der Waals surface area contributed by atoms with Gasteiger partial charge in [0.05, 0.1) is 6.61 Å². The van der Waals surface area contributed by atoms with Crippen LogP contribution in [0, 0.1) is 0 Å². The van der Waals surface area contributed by atoms with Crippen LogP contribution < -0.4 is 0 Å². The third-order valence-corrected chi connectivity index (χ3v) is 1.57. The first-order chi connectivity index (χ1) is 4.56. The Morgan fingerprint density at radius 3 is 2.27 bits per heavy atom. The van der Waals surface area contributed by atoms with Gasteiger partial charge in [0.1, 0.15) is 0 Å². The Morgan fingerprint density at radius 1 is 1.36 bits per heavy atom. The average molecular weight is 213 g/mol. The summed E-state index contributed by atoms with van der Waals surface area (Å²) in [5, 5.41) is 0. The Balaban J connectivity index is 0. The molecule has 0 aliphatic carbocycles. The van der Waals surface area contributed by atoms with E-state index in [0.717, 1.165) is 0 Å². The molecule has 0 unspecified atom stereocenters. The van der Waals surface area contributed by atoms with Crippen LogP contribution in [0.15, 0.2) is 0 Å². The molecule has 0 radical (unpaired) electrons. The third-order valence-electron chi connectivity index (χ3n) is 0.787. The number of hydrogen-bond acceptors (Lipinski definition) is 2. The molecule has 0 aliphatic heterocycles. The first kappa shape index (κ1) is 14.9. The van der Waals surface area contributed by atoms with Gasteiger partial charge in [0.15, 0.2) is 0 Å². The molecule has 0 bridgehead atoms. The van der Waals surface area contributed by atoms with Crippen LogP contribution in [-0.2, 0) is 9.09 Å². The van der Waals surface area contributed by atoms with Crippen molar-refractivity contribution in [3.63, 3.8) is 0 Å². The van der Waals surface area contributed by atoms with Crippen LogP contribution in [0.2, 0.25) is 0 Å². The zero-order chi connectivity index (χ0) is 8.04. The molecule has 0 heterocycles. The molecule has 0 aromatic rings. The predicted molar refractivity (Wildman–Crippen MR) is 45.1 cm³/mol. The second kappa shape index (κ2) is 8.02. The van der Waals surface area contributed by atoms with Crippen molar-refractivity contribution in [3.8, 4) is 0 Å². The fourth-order valence-corrected chi connectivity index (χ4v) is 0.936. The molecule has 0 rings (SSSR count). The van der Waals surface area contributed by atoms with Crippen LogP contribution >= 0.6 is 19.4 Å². The van der Waals surface area contributed by atoms with E-state index in [1.165, 1.54) is 0 Å². The summed E-state index contributed by atoms with van der Waals surface area (Å²) in [5.74, 6) is 0.491. The minimum absolute atomic E-state index is 0. The van der Waals surface area contributed by atoms with E-state index in [4.69, 9.17) is 21.4 Å². The molecule has 0 amide bonds. The number of phosphoric acid groups is 1. The summed E-state index contributed by atoms with van der Waals surface area (Å²) in [6.45, 7) is 0.0665. The molecule has 0 fully saturated rings. The molecule has 0 atom stereocenters. The molecule has 64 valence electrons. The van der Waals surface area contributed by atoms with E-state index >= 15 is 0 Å². The zero-order valence-corrected chi connectivity index (χ0v) is 7.01. The van der Waals surface area contributed by atoms with Crippen molar-refractivity contribution in [2.75, 3.05) is 12.5 Å². The van der Waals surface area contributed by atoms with E-state index in [-0.39, 0.29) is 36.2 Å². The Kier molecular flexibility index (Phi) is 10.9. The van der Waals surface area contributed by atoms with Crippen molar-refractivity contribution in [2.45, 2.75) is 12.8 Å².